The van der Waals surface area contributed by atoms with Gasteiger partial charge in [0.25, 0.3) is 5.91 Å². The summed E-state index contributed by atoms with van der Waals surface area (Å²) in [5.74, 6) is -0.00583. The molecule has 1 aromatic heterocycles. The van der Waals surface area contributed by atoms with Crippen molar-refractivity contribution < 1.29 is 9.59 Å². The van der Waals surface area contributed by atoms with E-state index in [4.69, 9.17) is 11.6 Å². The summed E-state index contributed by atoms with van der Waals surface area (Å²) < 4.78 is 0. The zero-order valence-electron chi connectivity index (χ0n) is 13.8. The first kappa shape index (κ1) is 17.9. The van der Waals surface area contributed by atoms with Gasteiger partial charge in [-0.15, -0.1) is 0 Å². The first-order valence-electron chi connectivity index (χ1n) is 7.54. The molecule has 0 bridgehead atoms. The highest BCUT2D eigenvalue weighted by atomic mass is 35.5. The molecule has 2 rings (SSSR count). The van der Waals surface area contributed by atoms with E-state index in [-0.39, 0.29) is 18.4 Å². The Bertz CT molecular complexity index is 764. The van der Waals surface area contributed by atoms with Crippen LogP contribution in [0.4, 0.5) is 5.69 Å². The Hall–Kier alpha value is -2.47. The normalized spacial score (nSPS) is 10.3. The second-order valence-corrected chi connectivity index (χ2v) is 5.73. The molecule has 0 aliphatic rings. The highest BCUT2D eigenvalue weighted by molar-refractivity contribution is 6.33. The standard InChI is InChI=1S/C17H19ClN4O2/c1-4-14-12(9-19-11(2)20-14)17(24)22(3)10-16(23)21-15-8-6-5-7-13(15)18/h5-9H,4,10H2,1-3H3,(H,21,23). The molecule has 0 aliphatic heterocycles. The minimum absolute atomic E-state index is 0.0961. The van der Waals surface area contributed by atoms with Gasteiger partial charge in [0.1, 0.15) is 5.82 Å². The fourth-order valence-electron chi connectivity index (χ4n) is 2.21. The Morgan fingerprint density at radius 3 is 2.67 bits per heavy atom. The summed E-state index contributed by atoms with van der Waals surface area (Å²) in [7, 11) is 1.56. The van der Waals surface area contributed by atoms with Crippen molar-refractivity contribution in [3.63, 3.8) is 0 Å². The molecule has 2 amide bonds. The topological polar surface area (TPSA) is 75.2 Å². The number of aromatic nitrogens is 2. The van der Waals surface area contributed by atoms with E-state index in [0.29, 0.717) is 34.2 Å². The van der Waals surface area contributed by atoms with Gasteiger partial charge in [-0.3, -0.25) is 9.59 Å². The van der Waals surface area contributed by atoms with Crippen molar-refractivity contribution >= 4 is 29.1 Å². The quantitative estimate of drug-likeness (QED) is 0.903. The van der Waals surface area contributed by atoms with Crippen molar-refractivity contribution in [3.8, 4) is 0 Å². The Kier molecular flexibility index (Phi) is 5.87. The van der Waals surface area contributed by atoms with Crippen molar-refractivity contribution in [1.29, 1.82) is 0 Å². The number of benzene rings is 1. The van der Waals surface area contributed by atoms with Gasteiger partial charge in [-0.1, -0.05) is 30.7 Å². The highest BCUT2D eigenvalue weighted by Crippen LogP contribution is 2.20. The number of carbonyl (C=O) groups excluding carboxylic acids is 2. The number of nitrogens with one attached hydrogen (secondary N) is 1. The van der Waals surface area contributed by atoms with Crippen LogP contribution in [0.3, 0.4) is 0 Å². The first-order chi connectivity index (χ1) is 11.4. The van der Waals surface area contributed by atoms with E-state index in [1.165, 1.54) is 11.1 Å². The summed E-state index contributed by atoms with van der Waals surface area (Å²) in [6, 6.07) is 6.93. The number of likely N-dealkylation sites (N-methyl/N-ethyl adjacent to an activating group) is 1. The molecule has 0 unspecified atom stereocenters. The van der Waals surface area contributed by atoms with Gasteiger partial charge >= 0.3 is 0 Å². The molecule has 0 saturated heterocycles. The zero-order chi connectivity index (χ0) is 17.7. The average molecular weight is 347 g/mol. The van der Waals surface area contributed by atoms with Gasteiger partial charge in [0.15, 0.2) is 0 Å². The second-order valence-electron chi connectivity index (χ2n) is 5.32. The van der Waals surface area contributed by atoms with Crippen LogP contribution in [0, 0.1) is 6.92 Å². The Labute approximate surface area is 145 Å². The van der Waals surface area contributed by atoms with Crippen LogP contribution in [-0.4, -0.2) is 40.3 Å². The van der Waals surface area contributed by atoms with E-state index >= 15 is 0 Å². The van der Waals surface area contributed by atoms with Crippen molar-refractivity contribution in [3.05, 3.63) is 52.6 Å². The lowest BCUT2D eigenvalue weighted by Gasteiger charge is -2.18. The molecule has 1 N–H and O–H groups in total. The number of hydrogen-bond donors (Lipinski definition) is 1. The summed E-state index contributed by atoms with van der Waals surface area (Å²) in [5, 5.41) is 3.13. The molecule has 2 aromatic rings. The Morgan fingerprint density at radius 2 is 2.00 bits per heavy atom. The summed E-state index contributed by atoms with van der Waals surface area (Å²) >= 11 is 6.01. The van der Waals surface area contributed by atoms with Crippen LogP contribution < -0.4 is 5.32 Å². The van der Waals surface area contributed by atoms with Gasteiger partial charge in [-0.2, -0.15) is 0 Å². The highest BCUT2D eigenvalue weighted by Gasteiger charge is 2.19. The van der Waals surface area contributed by atoms with Crippen LogP contribution >= 0.6 is 11.6 Å². The fourth-order valence-corrected chi connectivity index (χ4v) is 2.39. The van der Waals surface area contributed by atoms with E-state index in [1.807, 2.05) is 6.92 Å². The first-order valence-corrected chi connectivity index (χ1v) is 7.92. The molecule has 0 spiro atoms. The van der Waals surface area contributed by atoms with Crippen LogP contribution in [0.1, 0.15) is 28.8 Å². The predicted molar refractivity (Wildman–Crippen MR) is 93.2 cm³/mol. The number of hydrogen-bond acceptors (Lipinski definition) is 4. The molecule has 6 nitrogen and oxygen atoms in total. The van der Waals surface area contributed by atoms with Crippen molar-refractivity contribution in [1.82, 2.24) is 14.9 Å². The molecule has 0 fully saturated rings. The van der Waals surface area contributed by atoms with Crippen LogP contribution in [0.15, 0.2) is 30.5 Å². The monoisotopic (exact) mass is 346 g/mol. The molecular weight excluding hydrogens is 328 g/mol. The van der Waals surface area contributed by atoms with E-state index in [9.17, 15) is 9.59 Å². The van der Waals surface area contributed by atoms with Crippen LogP contribution in [0.5, 0.6) is 0 Å². The number of para-hydroxylation sites is 1. The molecule has 7 heteroatoms. The molecule has 0 aliphatic carbocycles. The van der Waals surface area contributed by atoms with Crippen LogP contribution in [0.2, 0.25) is 5.02 Å². The predicted octanol–water partition coefficient (Wildman–Crippen LogP) is 2.71. The SMILES string of the molecule is CCc1nc(C)ncc1C(=O)N(C)CC(=O)Nc1ccccc1Cl. The summed E-state index contributed by atoms with van der Waals surface area (Å²) in [4.78, 5) is 34.3. The summed E-state index contributed by atoms with van der Waals surface area (Å²) in [6.07, 6.45) is 2.12. The third-order valence-corrected chi connectivity index (χ3v) is 3.76. The lowest BCUT2D eigenvalue weighted by atomic mass is 10.1. The van der Waals surface area contributed by atoms with Gasteiger partial charge in [0.2, 0.25) is 5.91 Å². The van der Waals surface area contributed by atoms with Gasteiger partial charge in [0.05, 0.1) is 28.5 Å². The number of carbonyl (C=O) groups is 2. The molecule has 1 aromatic carbocycles. The fraction of sp³-hybridized carbons (Fsp3) is 0.294. The molecule has 0 saturated carbocycles. The van der Waals surface area contributed by atoms with Crippen molar-refractivity contribution in [2.75, 3.05) is 18.9 Å². The molecule has 24 heavy (non-hydrogen) atoms. The third kappa shape index (κ3) is 4.29. The number of anilines is 1. The average Bonchev–Trinajstić information content (AvgIpc) is 2.56. The maximum Gasteiger partial charge on any atom is 0.257 e. The maximum atomic E-state index is 12.5. The van der Waals surface area contributed by atoms with E-state index in [1.54, 1.807) is 38.2 Å². The largest absolute Gasteiger partial charge is 0.332 e. The number of amides is 2. The molecule has 126 valence electrons. The second kappa shape index (κ2) is 7.88. The maximum absolute atomic E-state index is 12.5. The van der Waals surface area contributed by atoms with Gasteiger partial charge in [0, 0.05) is 13.2 Å². The minimum Gasteiger partial charge on any atom is -0.332 e. The Balaban J connectivity index is 2.06. The smallest absolute Gasteiger partial charge is 0.257 e. The van der Waals surface area contributed by atoms with Gasteiger partial charge in [-0.25, -0.2) is 9.97 Å². The Morgan fingerprint density at radius 1 is 1.29 bits per heavy atom. The van der Waals surface area contributed by atoms with E-state index in [0.717, 1.165) is 0 Å². The minimum atomic E-state index is -0.329. The molecule has 0 atom stereocenters. The summed E-state index contributed by atoms with van der Waals surface area (Å²) in [6.45, 7) is 3.60. The van der Waals surface area contributed by atoms with E-state index in [2.05, 4.69) is 15.3 Å². The van der Waals surface area contributed by atoms with Gasteiger partial charge < -0.3 is 10.2 Å². The van der Waals surface area contributed by atoms with Crippen molar-refractivity contribution in [2.45, 2.75) is 20.3 Å². The number of rotatable bonds is 5. The summed E-state index contributed by atoms with van der Waals surface area (Å²) in [5.41, 5.74) is 1.60. The molecule has 1 heterocycles. The number of halogens is 1. The lowest BCUT2D eigenvalue weighted by molar-refractivity contribution is -0.116. The van der Waals surface area contributed by atoms with Crippen molar-refractivity contribution in [2.24, 2.45) is 0 Å². The van der Waals surface area contributed by atoms with Gasteiger partial charge in [-0.05, 0) is 25.5 Å². The zero-order valence-corrected chi connectivity index (χ0v) is 14.6. The lowest BCUT2D eigenvalue weighted by Crippen LogP contribution is -2.35. The van der Waals surface area contributed by atoms with Crippen LogP contribution in [-0.2, 0) is 11.2 Å². The third-order valence-electron chi connectivity index (χ3n) is 3.43. The molecular formula is C17H19ClN4O2. The number of aryl methyl sites for hydroxylation is 2. The molecule has 0 radical (unpaired) electrons. The van der Waals surface area contributed by atoms with Crippen LogP contribution in [0.25, 0.3) is 0 Å². The van der Waals surface area contributed by atoms with E-state index < -0.39 is 0 Å². The number of nitrogens with zero attached hydrogens (tertiary/aromatic N) is 3.